The highest BCUT2D eigenvalue weighted by molar-refractivity contribution is 8.15. The van der Waals surface area contributed by atoms with Gasteiger partial charge in [-0.2, -0.15) is 0 Å². The maximum atomic E-state index is 11.8. The van der Waals surface area contributed by atoms with Gasteiger partial charge in [-0.25, -0.2) is 0 Å². The summed E-state index contributed by atoms with van der Waals surface area (Å²) in [5.41, 5.74) is 0. The molecule has 0 aromatic rings. The predicted octanol–water partition coefficient (Wildman–Crippen LogP) is 3.01. The van der Waals surface area contributed by atoms with E-state index in [0.29, 0.717) is 22.1 Å². The van der Waals surface area contributed by atoms with Gasteiger partial charge in [-0.1, -0.05) is 31.0 Å². The fourth-order valence-electron chi connectivity index (χ4n) is 2.67. The molecule has 0 atom stereocenters. The van der Waals surface area contributed by atoms with E-state index in [9.17, 15) is 4.79 Å². The van der Waals surface area contributed by atoms with Gasteiger partial charge in [0.15, 0.2) is 5.75 Å². The first-order chi connectivity index (χ1) is 8.84. The van der Waals surface area contributed by atoms with Gasteiger partial charge in [0.1, 0.15) is 11.5 Å². The summed E-state index contributed by atoms with van der Waals surface area (Å²) in [6.07, 6.45) is 9.61. The van der Waals surface area contributed by atoms with Crippen molar-refractivity contribution >= 4 is 27.8 Å². The Bertz CT molecular complexity index is 246. The number of hydrogen-bond acceptors (Lipinski definition) is 3. The fraction of sp³-hybridized carbons (Fsp3) is 0.929. The SMILES string of the molecule is O=C(C[S+]1CCCC1)SCCOC1CCCCC1. The van der Waals surface area contributed by atoms with Crippen LogP contribution in [0.2, 0.25) is 0 Å². The topological polar surface area (TPSA) is 26.3 Å². The highest BCUT2D eigenvalue weighted by atomic mass is 32.2. The Labute approximate surface area is 118 Å². The summed E-state index contributed by atoms with van der Waals surface area (Å²) in [6, 6.07) is 0. The molecule has 0 N–H and O–H groups in total. The number of hydrogen-bond donors (Lipinski definition) is 0. The molecule has 2 aliphatic rings. The lowest BCUT2D eigenvalue weighted by molar-refractivity contribution is -0.108. The van der Waals surface area contributed by atoms with Crippen molar-refractivity contribution in [3.05, 3.63) is 0 Å². The van der Waals surface area contributed by atoms with Gasteiger partial charge in [-0.15, -0.1) is 0 Å². The van der Waals surface area contributed by atoms with Crippen molar-refractivity contribution in [3.63, 3.8) is 0 Å². The van der Waals surface area contributed by atoms with E-state index < -0.39 is 0 Å². The molecule has 104 valence electrons. The minimum absolute atomic E-state index is 0.396. The third-order valence-electron chi connectivity index (χ3n) is 3.69. The second-order valence-corrected chi connectivity index (χ2v) is 8.71. The zero-order chi connectivity index (χ0) is 12.6. The summed E-state index contributed by atoms with van der Waals surface area (Å²) in [5.74, 6) is 4.27. The first kappa shape index (κ1) is 14.7. The molecule has 1 saturated heterocycles. The highest BCUT2D eigenvalue weighted by Gasteiger charge is 2.26. The van der Waals surface area contributed by atoms with Crippen LogP contribution in [0.3, 0.4) is 0 Å². The molecule has 0 aromatic heterocycles. The van der Waals surface area contributed by atoms with Crippen LogP contribution in [0.4, 0.5) is 0 Å². The Balaban J connectivity index is 1.47. The zero-order valence-corrected chi connectivity index (χ0v) is 12.8. The summed E-state index contributed by atoms with van der Waals surface area (Å²) in [7, 11) is 0.422. The quantitative estimate of drug-likeness (QED) is 0.555. The van der Waals surface area contributed by atoms with Gasteiger partial charge < -0.3 is 4.74 Å². The molecule has 0 aromatic carbocycles. The summed E-state index contributed by atoms with van der Waals surface area (Å²) in [6.45, 7) is 0.759. The van der Waals surface area contributed by atoms with E-state index >= 15 is 0 Å². The average Bonchev–Trinajstić information content (AvgIpc) is 2.89. The zero-order valence-electron chi connectivity index (χ0n) is 11.2. The Kier molecular flexibility index (Phi) is 6.95. The highest BCUT2D eigenvalue weighted by Crippen LogP contribution is 2.21. The van der Waals surface area contributed by atoms with Crippen molar-refractivity contribution in [2.75, 3.05) is 29.6 Å². The van der Waals surface area contributed by atoms with E-state index in [-0.39, 0.29) is 0 Å². The van der Waals surface area contributed by atoms with E-state index in [2.05, 4.69) is 0 Å². The van der Waals surface area contributed by atoms with Gasteiger partial charge in [0.25, 0.3) is 0 Å². The van der Waals surface area contributed by atoms with Crippen molar-refractivity contribution < 1.29 is 9.53 Å². The lowest BCUT2D eigenvalue weighted by atomic mass is 9.98. The second kappa shape index (κ2) is 8.49. The molecule has 1 aliphatic heterocycles. The largest absolute Gasteiger partial charge is 0.377 e. The van der Waals surface area contributed by atoms with E-state index in [1.54, 1.807) is 0 Å². The smallest absolute Gasteiger partial charge is 0.238 e. The molecule has 0 unspecified atom stereocenters. The molecule has 1 aliphatic carbocycles. The third-order valence-corrected chi connectivity index (χ3v) is 7.11. The van der Waals surface area contributed by atoms with E-state index in [4.69, 9.17) is 4.74 Å². The summed E-state index contributed by atoms with van der Waals surface area (Å²) < 4.78 is 5.83. The number of carbonyl (C=O) groups excluding carboxylic acids is 1. The van der Waals surface area contributed by atoms with Crippen molar-refractivity contribution in [2.24, 2.45) is 0 Å². The Morgan fingerprint density at radius 2 is 1.83 bits per heavy atom. The van der Waals surface area contributed by atoms with Crippen LogP contribution in [-0.4, -0.2) is 40.8 Å². The molecule has 2 rings (SSSR count). The van der Waals surface area contributed by atoms with Crippen molar-refractivity contribution in [2.45, 2.75) is 51.0 Å². The summed E-state index contributed by atoms with van der Waals surface area (Å²) >= 11 is 1.49. The lowest BCUT2D eigenvalue weighted by Gasteiger charge is -2.21. The van der Waals surface area contributed by atoms with Crippen LogP contribution < -0.4 is 0 Å². The van der Waals surface area contributed by atoms with E-state index in [1.165, 1.54) is 68.2 Å². The maximum absolute atomic E-state index is 11.8. The van der Waals surface area contributed by atoms with Crippen LogP contribution in [0.15, 0.2) is 0 Å². The lowest BCUT2D eigenvalue weighted by Crippen LogP contribution is -2.19. The van der Waals surface area contributed by atoms with E-state index in [0.717, 1.165) is 18.1 Å². The van der Waals surface area contributed by atoms with Gasteiger partial charge in [0.05, 0.1) is 12.7 Å². The van der Waals surface area contributed by atoms with Crippen LogP contribution in [0.1, 0.15) is 44.9 Å². The van der Waals surface area contributed by atoms with Crippen LogP contribution in [-0.2, 0) is 20.4 Å². The van der Waals surface area contributed by atoms with Gasteiger partial charge in [-0.05, 0) is 36.6 Å². The molecule has 4 heteroatoms. The van der Waals surface area contributed by atoms with Crippen LogP contribution >= 0.6 is 11.8 Å². The molecular formula is C14H25O2S2+. The summed E-state index contributed by atoms with van der Waals surface area (Å²) in [5, 5.41) is 0.396. The number of carbonyl (C=O) groups is 1. The molecule has 0 bridgehead atoms. The van der Waals surface area contributed by atoms with Crippen molar-refractivity contribution in [1.29, 1.82) is 0 Å². The molecule has 1 saturated carbocycles. The molecule has 18 heavy (non-hydrogen) atoms. The Morgan fingerprint density at radius 3 is 2.56 bits per heavy atom. The number of rotatable bonds is 6. The first-order valence-corrected chi connectivity index (χ1v) is 9.98. The maximum Gasteiger partial charge on any atom is 0.238 e. The van der Waals surface area contributed by atoms with Crippen molar-refractivity contribution in [3.8, 4) is 0 Å². The van der Waals surface area contributed by atoms with E-state index in [1.807, 2.05) is 0 Å². The summed E-state index contributed by atoms with van der Waals surface area (Å²) in [4.78, 5) is 11.8. The van der Waals surface area contributed by atoms with Crippen LogP contribution in [0.25, 0.3) is 0 Å². The molecule has 1 heterocycles. The standard InChI is InChI=1S/C14H25O2S2/c15-14(12-18-10-4-5-11-18)17-9-8-16-13-6-2-1-3-7-13/h13H,1-12H2/q+1. The minimum Gasteiger partial charge on any atom is -0.377 e. The predicted molar refractivity (Wildman–Crippen MR) is 81.5 cm³/mol. The molecule has 0 spiro atoms. The first-order valence-electron chi connectivity index (χ1n) is 7.26. The normalized spacial score (nSPS) is 22.4. The van der Waals surface area contributed by atoms with Crippen molar-refractivity contribution in [1.82, 2.24) is 0 Å². The Hall–Kier alpha value is 0.330. The van der Waals surface area contributed by atoms with Gasteiger partial charge in [-0.3, -0.25) is 4.79 Å². The third kappa shape index (κ3) is 5.54. The fourth-order valence-corrected chi connectivity index (χ4v) is 5.96. The molecule has 0 amide bonds. The Morgan fingerprint density at radius 1 is 1.11 bits per heavy atom. The molecule has 0 radical (unpaired) electrons. The minimum atomic E-state index is 0.396. The number of thioether (sulfide) groups is 1. The van der Waals surface area contributed by atoms with Gasteiger partial charge in [0.2, 0.25) is 5.12 Å². The second-order valence-electron chi connectivity index (χ2n) is 5.22. The average molecular weight is 289 g/mol. The molecular weight excluding hydrogens is 264 g/mol. The van der Waals surface area contributed by atoms with Crippen LogP contribution in [0.5, 0.6) is 0 Å². The number of ether oxygens (including phenoxy) is 1. The monoisotopic (exact) mass is 289 g/mol. The van der Waals surface area contributed by atoms with Gasteiger partial charge >= 0.3 is 0 Å². The van der Waals surface area contributed by atoms with Gasteiger partial charge in [0, 0.05) is 5.75 Å². The van der Waals surface area contributed by atoms with Crippen LogP contribution in [0, 0.1) is 0 Å². The molecule has 2 fully saturated rings. The molecule has 2 nitrogen and oxygen atoms in total.